The lowest BCUT2D eigenvalue weighted by atomic mass is 9.97. The Morgan fingerprint density at radius 2 is 2.13 bits per heavy atom. The maximum Gasteiger partial charge on any atom is 0.320 e. The lowest BCUT2D eigenvalue weighted by Gasteiger charge is -2.30. The fraction of sp³-hybridized carbons (Fsp3) is 0.556. The highest BCUT2D eigenvalue weighted by atomic mass is 32.1. The van der Waals surface area contributed by atoms with Crippen LogP contribution >= 0.6 is 11.3 Å². The van der Waals surface area contributed by atoms with Crippen LogP contribution in [0.3, 0.4) is 0 Å². The van der Waals surface area contributed by atoms with Crippen LogP contribution in [0, 0.1) is 0 Å². The molecular weight excluding hydrogens is 308 g/mol. The smallest absolute Gasteiger partial charge is 0.320 e. The van der Waals surface area contributed by atoms with Gasteiger partial charge in [0.1, 0.15) is 0 Å². The van der Waals surface area contributed by atoms with Crippen molar-refractivity contribution in [2.24, 2.45) is 0 Å². The molecule has 0 N–H and O–H groups in total. The predicted octanol–water partition coefficient (Wildman–Crippen LogP) is 3.82. The largest absolute Gasteiger partial charge is 0.465 e. The molecular formula is C18H24N2O2S. The third-order valence-corrected chi connectivity index (χ3v) is 5.56. The highest BCUT2D eigenvalue weighted by molar-refractivity contribution is 7.18. The maximum atomic E-state index is 11.8. The first kappa shape index (κ1) is 16.4. The number of ether oxygens (including phenoxy) is 1. The van der Waals surface area contributed by atoms with Gasteiger partial charge in [0.25, 0.3) is 0 Å². The van der Waals surface area contributed by atoms with Crippen molar-refractivity contribution in [2.75, 3.05) is 26.2 Å². The Morgan fingerprint density at radius 1 is 1.35 bits per heavy atom. The number of thiazole rings is 1. The number of likely N-dealkylation sites (tertiary alicyclic amines) is 1. The van der Waals surface area contributed by atoms with Gasteiger partial charge in [-0.15, -0.1) is 11.3 Å². The number of esters is 1. The van der Waals surface area contributed by atoms with Gasteiger partial charge in [0.2, 0.25) is 0 Å². The van der Waals surface area contributed by atoms with Crippen molar-refractivity contribution in [1.29, 1.82) is 0 Å². The van der Waals surface area contributed by atoms with E-state index in [1.807, 2.05) is 17.4 Å². The summed E-state index contributed by atoms with van der Waals surface area (Å²) in [5.74, 6) is 0.441. The van der Waals surface area contributed by atoms with Crippen molar-refractivity contribution in [3.63, 3.8) is 0 Å². The molecule has 5 heteroatoms. The average Bonchev–Trinajstić information content (AvgIpc) is 3.00. The molecule has 4 nitrogen and oxygen atoms in total. The molecule has 0 spiro atoms. The van der Waals surface area contributed by atoms with Gasteiger partial charge in [0.05, 0.1) is 28.4 Å². The van der Waals surface area contributed by atoms with Crippen LogP contribution in [0.15, 0.2) is 24.3 Å². The number of unbranched alkanes of at least 4 members (excludes halogenated alkanes) is 1. The van der Waals surface area contributed by atoms with Gasteiger partial charge in [-0.25, -0.2) is 4.98 Å². The molecule has 3 rings (SSSR count). The van der Waals surface area contributed by atoms with E-state index in [2.05, 4.69) is 30.0 Å². The van der Waals surface area contributed by atoms with Gasteiger partial charge in [0, 0.05) is 5.92 Å². The molecule has 1 aliphatic heterocycles. The van der Waals surface area contributed by atoms with E-state index in [-0.39, 0.29) is 5.97 Å². The van der Waals surface area contributed by atoms with E-state index in [1.54, 1.807) is 0 Å². The topological polar surface area (TPSA) is 42.4 Å². The van der Waals surface area contributed by atoms with E-state index in [4.69, 9.17) is 9.72 Å². The van der Waals surface area contributed by atoms with Crippen LogP contribution in [-0.4, -0.2) is 42.1 Å². The quantitative estimate of drug-likeness (QED) is 0.596. The molecule has 124 valence electrons. The van der Waals surface area contributed by atoms with E-state index in [0.29, 0.717) is 19.1 Å². The molecule has 0 radical (unpaired) electrons. The molecule has 1 saturated heterocycles. The molecule has 0 bridgehead atoms. The minimum Gasteiger partial charge on any atom is -0.465 e. The van der Waals surface area contributed by atoms with Crippen molar-refractivity contribution in [3.8, 4) is 0 Å². The normalized spacial score (nSPS) is 16.7. The molecule has 0 unspecified atom stereocenters. The zero-order chi connectivity index (χ0) is 16.1. The number of benzene rings is 1. The fourth-order valence-electron chi connectivity index (χ4n) is 2.96. The summed E-state index contributed by atoms with van der Waals surface area (Å²) in [5, 5.41) is 1.25. The number of hydrogen-bond acceptors (Lipinski definition) is 5. The van der Waals surface area contributed by atoms with Gasteiger partial charge in [-0.1, -0.05) is 25.5 Å². The number of nitrogens with zero attached hydrogens (tertiary/aromatic N) is 2. The lowest BCUT2D eigenvalue weighted by Crippen LogP contribution is -2.37. The number of rotatable bonds is 6. The van der Waals surface area contributed by atoms with Crippen LogP contribution < -0.4 is 0 Å². The minimum atomic E-state index is -0.0862. The first-order valence-corrected chi connectivity index (χ1v) is 9.31. The fourth-order valence-corrected chi connectivity index (χ4v) is 4.10. The summed E-state index contributed by atoms with van der Waals surface area (Å²) in [5.41, 5.74) is 1.11. The standard InChI is InChI=1S/C18H24N2O2S/c1-2-3-12-22-17(21)13-20-10-8-14(9-11-20)18-19-15-6-4-5-7-16(15)23-18/h4-7,14H,2-3,8-13H2,1H3. The molecule has 0 aliphatic carbocycles. The van der Waals surface area contributed by atoms with Gasteiger partial charge >= 0.3 is 5.97 Å². The maximum absolute atomic E-state index is 11.8. The van der Waals surface area contributed by atoms with Crippen LogP contribution in [0.1, 0.15) is 43.5 Å². The molecule has 1 aromatic heterocycles. The summed E-state index contributed by atoms with van der Waals surface area (Å²) in [4.78, 5) is 18.8. The summed E-state index contributed by atoms with van der Waals surface area (Å²) in [7, 11) is 0. The summed E-state index contributed by atoms with van der Waals surface area (Å²) in [6, 6.07) is 8.32. The van der Waals surface area contributed by atoms with Crippen molar-refractivity contribution >= 4 is 27.5 Å². The third kappa shape index (κ3) is 4.30. The van der Waals surface area contributed by atoms with Crippen LogP contribution in [0.4, 0.5) is 0 Å². The molecule has 0 atom stereocenters. The number of para-hydroxylation sites is 1. The number of piperidine rings is 1. The number of aromatic nitrogens is 1. The zero-order valence-electron chi connectivity index (χ0n) is 13.7. The van der Waals surface area contributed by atoms with Crippen molar-refractivity contribution in [1.82, 2.24) is 9.88 Å². The van der Waals surface area contributed by atoms with E-state index < -0.39 is 0 Å². The van der Waals surface area contributed by atoms with Gasteiger partial charge in [-0.2, -0.15) is 0 Å². The Kier molecular flexibility index (Phi) is 5.62. The van der Waals surface area contributed by atoms with Gasteiger partial charge in [-0.3, -0.25) is 9.69 Å². The molecule has 2 aromatic rings. The SMILES string of the molecule is CCCCOC(=O)CN1CCC(c2nc3ccccc3s2)CC1. The number of carbonyl (C=O) groups is 1. The molecule has 0 amide bonds. The van der Waals surface area contributed by atoms with Crippen molar-refractivity contribution in [2.45, 2.75) is 38.5 Å². The Hall–Kier alpha value is -1.46. The summed E-state index contributed by atoms with van der Waals surface area (Å²) < 4.78 is 6.51. The number of hydrogen-bond donors (Lipinski definition) is 0. The minimum absolute atomic E-state index is 0.0862. The Morgan fingerprint density at radius 3 is 2.87 bits per heavy atom. The highest BCUT2D eigenvalue weighted by Gasteiger charge is 2.24. The monoisotopic (exact) mass is 332 g/mol. The Balaban J connectivity index is 1.49. The second-order valence-corrected chi connectivity index (χ2v) is 7.21. The van der Waals surface area contributed by atoms with Crippen LogP contribution in [-0.2, 0) is 9.53 Å². The van der Waals surface area contributed by atoms with Crippen molar-refractivity contribution < 1.29 is 9.53 Å². The van der Waals surface area contributed by atoms with Crippen LogP contribution in [0.5, 0.6) is 0 Å². The molecule has 2 heterocycles. The average molecular weight is 332 g/mol. The molecule has 0 saturated carbocycles. The third-order valence-electron chi connectivity index (χ3n) is 4.36. The number of carbonyl (C=O) groups excluding carboxylic acids is 1. The highest BCUT2D eigenvalue weighted by Crippen LogP contribution is 2.33. The Bertz CT molecular complexity index is 614. The van der Waals surface area contributed by atoms with Crippen molar-refractivity contribution in [3.05, 3.63) is 29.3 Å². The molecule has 1 fully saturated rings. The summed E-state index contributed by atoms with van der Waals surface area (Å²) in [6.45, 7) is 4.97. The van der Waals surface area contributed by atoms with Gasteiger partial charge in [-0.05, 0) is 44.5 Å². The van der Waals surface area contributed by atoms with E-state index in [1.165, 1.54) is 9.71 Å². The first-order valence-electron chi connectivity index (χ1n) is 8.49. The van der Waals surface area contributed by atoms with Gasteiger partial charge < -0.3 is 4.74 Å². The number of fused-ring (bicyclic) bond motifs is 1. The first-order chi connectivity index (χ1) is 11.3. The molecule has 1 aliphatic rings. The molecule has 1 aromatic carbocycles. The zero-order valence-corrected chi connectivity index (χ0v) is 14.5. The van der Waals surface area contributed by atoms with E-state index in [9.17, 15) is 4.79 Å². The van der Waals surface area contributed by atoms with Crippen LogP contribution in [0.2, 0.25) is 0 Å². The Labute approximate surface area is 141 Å². The summed E-state index contributed by atoms with van der Waals surface area (Å²) in [6.07, 6.45) is 4.15. The van der Waals surface area contributed by atoms with Gasteiger partial charge in [0.15, 0.2) is 0 Å². The lowest BCUT2D eigenvalue weighted by molar-refractivity contribution is -0.145. The van der Waals surface area contributed by atoms with E-state index in [0.717, 1.165) is 44.3 Å². The second kappa shape index (κ2) is 7.88. The predicted molar refractivity (Wildman–Crippen MR) is 93.9 cm³/mol. The second-order valence-electron chi connectivity index (χ2n) is 6.14. The molecule has 23 heavy (non-hydrogen) atoms. The van der Waals surface area contributed by atoms with Crippen LogP contribution in [0.25, 0.3) is 10.2 Å². The van der Waals surface area contributed by atoms with E-state index >= 15 is 0 Å². The summed E-state index contributed by atoms with van der Waals surface area (Å²) >= 11 is 1.81.